The molecule has 4 rings (SSSR count). The molecule has 27 heavy (non-hydrogen) atoms. The summed E-state index contributed by atoms with van der Waals surface area (Å²) in [5.41, 5.74) is 3.05. The first-order valence-corrected chi connectivity index (χ1v) is 9.01. The van der Waals surface area contributed by atoms with Crippen LogP contribution in [0, 0.1) is 0 Å². The second-order valence-electron chi connectivity index (χ2n) is 6.80. The number of benzene rings is 1. The fourth-order valence-corrected chi connectivity index (χ4v) is 3.18. The maximum Gasteiger partial charge on any atom is 0.272 e. The van der Waals surface area contributed by atoms with Crippen molar-refractivity contribution < 1.29 is 4.79 Å². The van der Waals surface area contributed by atoms with Gasteiger partial charge in [0.25, 0.3) is 5.91 Å². The van der Waals surface area contributed by atoms with Gasteiger partial charge in [-0.1, -0.05) is 30.3 Å². The SMILES string of the molecule is CN1CCN(C(=O)c2cc(-c3cnc(-c4ccccc4)nc3)nn2C)CC1. The molecule has 0 N–H and O–H groups in total. The molecule has 0 atom stereocenters. The third-order valence-corrected chi connectivity index (χ3v) is 4.87. The average Bonchev–Trinajstić information content (AvgIpc) is 3.10. The summed E-state index contributed by atoms with van der Waals surface area (Å²) in [7, 11) is 3.87. The van der Waals surface area contributed by atoms with Gasteiger partial charge in [0.05, 0.1) is 5.69 Å². The van der Waals surface area contributed by atoms with E-state index in [1.165, 1.54) is 0 Å². The topological polar surface area (TPSA) is 67.2 Å². The van der Waals surface area contributed by atoms with E-state index in [9.17, 15) is 4.79 Å². The minimum Gasteiger partial charge on any atom is -0.335 e. The van der Waals surface area contributed by atoms with Crippen molar-refractivity contribution in [1.29, 1.82) is 0 Å². The van der Waals surface area contributed by atoms with Gasteiger partial charge in [-0.25, -0.2) is 9.97 Å². The first-order valence-electron chi connectivity index (χ1n) is 9.01. The number of aryl methyl sites for hydroxylation is 1. The molecule has 1 saturated heterocycles. The van der Waals surface area contributed by atoms with Crippen LogP contribution < -0.4 is 0 Å². The Labute approximate surface area is 158 Å². The van der Waals surface area contributed by atoms with Gasteiger partial charge in [-0.05, 0) is 13.1 Å². The van der Waals surface area contributed by atoms with E-state index in [4.69, 9.17) is 0 Å². The molecule has 7 heteroatoms. The molecule has 0 unspecified atom stereocenters. The molecule has 3 aromatic rings. The van der Waals surface area contributed by atoms with Gasteiger partial charge in [0.1, 0.15) is 5.69 Å². The van der Waals surface area contributed by atoms with Gasteiger partial charge in [-0.15, -0.1) is 0 Å². The van der Waals surface area contributed by atoms with Crippen molar-refractivity contribution in [3.05, 3.63) is 54.5 Å². The molecule has 1 aliphatic heterocycles. The van der Waals surface area contributed by atoms with E-state index in [0.717, 1.165) is 37.3 Å². The Morgan fingerprint density at radius 2 is 1.59 bits per heavy atom. The first kappa shape index (κ1) is 17.4. The molecule has 2 aromatic heterocycles. The number of carbonyl (C=O) groups excluding carboxylic acids is 1. The summed E-state index contributed by atoms with van der Waals surface area (Å²) in [5, 5.41) is 4.49. The largest absolute Gasteiger partial charge is 0.335 e. The van der Waals surface area contributed by atoms with Gasteiger partial charge in [0.2, 0.25) is 0 Å². The van der Waals surface area contributed by atoms with Gasteiger partial charge in [0, 0.05) is 56.7 Å². The van der Waals surface area contributed by atoms with E-state index in [0.29, 0.717) is 17.2 Å². The van der Waals surface area contributed by atoms with Gasteiger partial charge in [0.15, 0.2) is 5.82 Å². The summed E-state index contributed by atoms with van der Waals surface area (Å²) in [6.45, 7) is 3.27. The van der Waals surface area contributed by atoms with E-state index < -0.39 is 0 Å². The second kappa shape index (κ2) is 7.28. The Balaban J connectivity index is 1.55. The Kier molecular flexibility index (Phi) is 4.68. The van der Waals surface area contributed by atoms with Crippen LogP contribution in [0.1, 0.15) is 10.5 Å². The van der Waals surface area contributed by atoms with Crippen molar-refractivity contribution in [2.75, 3.05) is 33.2 Å². The lowest BCUT2D eigenvalue weighted by Crippen LogP contribution is -2.47. The fraction of sp³-hybridized carbons (Fsp3) is 0.300. The zero-order valence-electron chi connectivity index (χ0n) is 15.5. The van der Waals surface area contributed by atoms with Gasteiger partial charge >= 0.3 is 0 Å². The van der Waals surface area contributed by atoms with Crippen LogP contribution in [-0.2, 0) is 7.05 Å². The van der Waals surface area contributed by atoms with Crippen molar-refractivity contribution in [3.8, 4) is 22.6 Å². The zero-order chi connectivity index (χ0) is 18.8. The van der Waals surface area contributed by atoms with Crippen LogP contribution in [0.5, 0.6) is 0 Å². The Morgan fingerprint density at radius 1 is 0.926 bits per heavy atom. The Morgan fingerprint density at radius 3 is 2.26 bits per heavy atom. The molecular formula is C20H22N6O. The normalized spacial score (nSPS) is 15.1. The molecule has 7 nitrogen and oxygen atoms in total. The Bertz CT molecular complexity index is 927. The van der Waals surface area contributed by atoms with E-state index in [1.54, 1.807) is 24.1 Å². The number of hydrogen-bond acceptors (Lipinski definition) is 5. The number of nitrogens with zero attached hydrogens (tertiary/aromatic N) is 6. The molecule has 1 aliphatic rings. The van der Waals surface area contributed by atoms with Crippen LogP contribution >= 0.6 is 0 Å². The van der Waals surface area contributed by atoms with E-state index in [-0.39, 0.29) is 5.91 Å². The number of hydrogen-bond donors (Lipinski definition) is 0. The van der Waals surface area contributed by atoms with Crippen molar-refractivity contribution in [2.45, 2.75) is 0 Å². The average molecular weight is 362 g/mol. The molecule has 138 valence electrons. The lowest BCUT2D eigenvalue weighted by Gasteiger charge is -2.32. The number of carbonyl (C=O) groups is 1. The highest BCUT2D eigenvalue weighted by molar-refractivity contribution is 5.93. The second-order valence-corrected chi connectivity index (χ2v) is 6.80. The van der Waals surface area contributed by atoms with Crippen LogP contribution in [-0.4, -0.2) is 68.7 Å². The van der Waals surface area contributed by atoms with E-state index in [1.807, 2.05) is 41.3 Å². The number of aromatic nitrogens is 4. The summed E-state index contributed by atoms with van der Waals surface area (Å²) in [5.74, 6) is 0.690. The maximum atomic E-state index is 12.8. The van der Waals surface area contributed by atoms with Crippen molar-refractivity contribution in [2.24, 2.45) is 7.05 Å². The minimum atomic E-state index is 0.0196. The van der Waals surface area contributed by atoms with Crippen LogP contribution in [0.25, 0.3) is 22.6 Å². The highest BCUT2D eigenvalue weighted by atomic mass is 16.2. The first-order chi connectivity index (χ1) is 13.1. The van der Waals surface area contributed by atoms with Gasteiger partial charge in [-0.3, -0.25) is 9.48 Å². The molecular weight excluding hydrogens is 340 g/mol. The number of piperazine rings is 1. The standard InChI is InChI=1S/C20H22N6O/c1-24-8-10-26(11-9-24)20(27)18-12-17(23-25(18)2)16-13-21-19(22-14-16)15-6-4-3-5-7-15/h3-7,12-14H,8-11H2,1-2H3. The molecule has 0 radical (unpaired) electrons. The van der Waals surface area contributed by atoms with E-state index >= 15 is 0 Å². The van der Waals surface area contributed by atoms with Crippen LogP contribution in [0.15, 0.2) is 48.8 Å². The van der Waals surface area contributed by atoms with Gasteiger partial charge in [-0.2, -0.15) is 5.10 Å². The molecule has 0 saturated carbocycles. The monoisotopic (exact) mass is 362 g/mol. The predicted octanol–water partition coefficient (Wildman–Crippen LogP) is 1.93. The quantitative estimate of drug-likeness (QED) is 0.712. The highest BCUT2D eigenvalue weighted by Gasteiger charge is 2.23. The van der Waals surface area contributed by atoms with E-state index in [2.05, 4.69) is 27.0 Å². The fourth-order valence-electron chi connectivity index (χ4n) is 3.18. The summed E-state index contributed by atoms with van der Waals surface area (Å²) >= 11 is 0. The number of amides is 1. The molecule has 1 fully saturated rings. The smallest absolute Gasteiger partial charge is 0.272 e. The minimum absolute atomic E-state index is 0.0196. The predicted molar refractivity (Wildman–Crippen MR) is 103 cm³/mol. The van der Waals surface area contributed by atoms with Crippen LogP contribution in [0.4, 0.5) is 0 Å². The lowest BCUT2D eigenvalue weighted by molar-refractivity contribution is 0.0653. The molecule has 1 amide bonds. The summed E-state index contributed by atoms with van der Waals surface area (Å²) in [6.07, 6.45) is 3.50. The Hall–Kier alpha value is -3.06. The third-order valence-electron chi connectivity index (χ3n) is 4.87. The summed E-state index contributed by atoms with van der Waals surface area (Å²) < 4.78 is 1.64. The van der Waals surface area contributed by atoms with Crippen molar-refractivity contribution in [1.82, 2.24) is 29.5 Å². The van der Waals surface area contributed by atoms with Gasteiger partial charge < -0.3 is 9.80 Å². The molecule has 1 aromatic carbocycles. The third kappa shape index (κ3) is 3.59. The maximum absolute atomic E-state index is 12.8. The summed E-state index contributed by atoms with van der Waals surface area (Å²) in [6, 6.07) is 11.7. The molecule has 0 spiro atoms. The van der Waals surface area contributed by atoms with Crippen LogP contribution in [0.2, 0.25) is 0 Å². The number of rotatable bonds is 3. The summed E-state index contributed by atoms with van der Waals surface area (Å²) in [4.78, 5) is 25.8. The number of likely N-dealkylation sites (N-methyl/N-ethyl adjacent to an activating group) is 1. The highest BCUT2D eigenvalue weighted by Crippen LogP contribution is 2.21. The molecule has 0 aliphatic carbocycles. The zero-order valence-corrected chi connectivity index (χ0v) is 15.5. The van der Waals surface area contributed by atoms with Crippen LogP contribution in [0.3, 0.4) is 0 Å². The lowest BCUT2D eigenvalue weighted by atomic mass is 10.2. The molecule has 3 heterocycles. The van der Waals surface area contributed by atoms with Crippen molar-refractivity contribution >= 4 is 5.91 Å². The van der Waals surface area contributed by atoms with Crippen molar-refractivity contribution in [3.63, 3.8) is 0 Å². The molecule has 0 bridgehead atoms.